The van der Waals surface area contributed by atoms with E-state index in [1.807, 2.05) is 13.8 Å². The molecule has 0 fully saturated rings. The SMILES string of the molecule is CCC(C)NC(=O)C(CC)N(Cc1ccc(OC)cc1)C(=O)CN(c1ccc([N+](=O)[O-])cc1)S(=O)(=O)c1ccccc1. The van der Waals surface area contributed by atoms with Crippen molar-refractivity contribution in [2.24, 2.45) is 0 Å². The number of nitro groups is 1. The summed E-state index contributed by atoms with van der Waals surface area (Å²) in [6, 6.07) is 18.5. The van der Waals surface area contributed by atoms with E-state index in [1.54, 1.807) is 49.4 Å². The number of nitrogens with zero attached hydrogens (tertiary/aromatic N) is 3. The van der Waals surface area contributed by atoms with Crippen LogP contribution in [0.1, 0.15) is 39.2 Å². The number of anilines is 1. The van der Waals surface area contributed by atoms with Crippen molar-refractivity contribution in [3.63, 3.8) is 0 Å². The summed E-state index contributed by atoms with van der Waals surface area (Å²) in [5.74, 6) is -0.340. The molecule has 11 nitrogen and oxygen atoms in total. The van der Waals surface area contributed by atoms with Crippen LogP contribution in [0, 0.1) is 10.1 Å². The second-order valence-electron chi connectivity index (χ2n) is 9.71. The molecule has 0 saturated carbocycles. The quantitative estimate of drug-likeness (QED) is 0.213. The number of carbonyl (C=O) groups is 2. The van der Waals surface area contributed by atoms with Gasteiger partial charge in [0.25, 0.3) is 15.7 Å². The summed E-state index contributed by atoms with van der Waals surface area (Å²) >= 11 is 0. The van der Waals surface area contributed by atoms with E-state index in [0.29, 0.717) is 17.7 Å². The lowest BCUT2D eigenvalue weighted by Crippen LogP contribution is -2.53. The second-order valence-corrected chi connectivity index (χ2v) is 11.6. The van der Waals surface area contributed by atoms with E-state index in [9.17, 15) is 28.1 Å². The minimum absolute atomic E-state index is 0.0365. The molecule has 3 rings (SSSR count). The molecule has 2 amide bonds. The third-order valence-corrected chi connectivity index (χ3v) is 8.65. The fourth-order valence-electron chi connectivity index (χ4n) is 4.28. The van der Waals surface area contributed by atoms with Crippen LogP contribution in [0.4, 0.5) is 11.4 Å². The van der Waals surface area contributed by atoms with Gasteiger partial charge in [0.2, 0.25) is 11.8 Å². The van der Waals surface area contributed by atoms with Gasteiger partial charge in [0.1, 0.15) is 18.3 Å². The van der Waals surface area contributed by atoms with E-state index < -0.39 is 33.4 Å². The number of hydrogen-bond acceptors (Lipinski definition) is 7. The van der Waals surface area contributed by atoms with E-state index in [1.165, 1.54) is 48.4 Å². The maximum atomic E-state index is 14.1. The monoisotopic (exact) mass is 596 g/mol. The Balaban J connectivity index is 2.06. The summed E-state index contributed by atoms with van der Waals surface area (Å²) in [6.45, 7) is 4.97. The first-order chi connectivity index (χ1) is 20.0. The van der Waals surface area contributed by atoms with Crippen LogP contribution in [0.2, 0.25) is 0 Å². The van der Waals surface area contributed by atoms with Crippen LogP contribution in [0.3, 0.4) is 0 Å². The number of nitrogens with one attached hydrogen (secondary N) is 1. The van der Waals surface area contributed by atoms with Gasteiger partial charge >= 0.3 is 0 Å². The van der Waals surface area contributed by atoms with Crippen LogP contribution in [0.15, 0.2) is 83.8 Å². The summed E-state index contributed by atoms with van der Waals surface area (Å²) in [7, 11) is -2.74. The van der Waals surface area contributed by atoms with Crippen molar-refractivity contribution in [2.45, 2.75) is 57.1 Å². The molecular weight excluding hydrogens is 560 g/mol. The van der Waals surface area contributed by atoms with Crippen LogP contribution >= 0.6 is 0 Å². The number of hydrogen-bond donors (Lipinski definition) is 1. The molecule has 0 saturated heterocycles. The molecule has 0 aromatic heterocycles. The zero-order valence-electron chi connectivity index (χ0n) is 24.1. The molecule has 224 valence electrons. The van der Waals surface area contributed by atoms with Gasteiger partial charge in [-0.2, -0.15) is 0 Å². The maximum Gasteiger partial charge on any atom is 0.269 e. The molecule has 0 spiro atoms. The zero-order chi connectivity index (χ0) is 30.9. The number of nitro benzene ring substituents is 1. The smallest absolute Gasteiger partial charge is 0.269 e. The molecule has 2 atom stereocenters. The molecule has 2 unspecified atom stereocenters. The number of carbonyl (C=O) groups excluding carboxylic acids is 2. The van der Waals surface area contributed by atoms with Crippen molar-refractivity contribution in [3.05, 3.63) is 94.5 Å². The van der Waals surface area contributed by atoms with Crippen LogP contribution in [0.5, 0.6) is 5.75 Å². The highest BCUT2D eigenvalue weighted by molar-refractivity contribution is 7.92. The van der Waals surface area contributed by atoms with Gasteiger partial charge in [0, 0.05) is 24.7 Å². The van der Waals surface area contributed by atoms with Crippen LogP contribution < -0.4 is 14.4 Å². The van der Waals surface area contributed by atoms with Gasteiger partial charge in [-0.25, -0.2) is 8.42 Å². The lowest BCUT2D eigenvalue weighted by Gasteiger charge is -2.33. The Kier molecular flexibility index (Phi) is 11.0. The summed E-state index contributed by atoms with van der Waals surface area (Å²) < 4.78 is 33.8. The maximum absolute atomic E-state index is 14.1. The number of ether oxygens (including phenoxy) is 1. The molecule has 42 heavy (non-hydrogen) atoms. The van der Waals surface area contributed by atoms with Gasteiger partial charge in [-0.3, -0.25) is 24.0 Å². The minimum Gasteiger partial charge on any atom is -0.497 e. The Morgan fingerprint density at radius 3 is 2.10 bits per heavy atom. The van der Waals surface area contributed by atoms with E-state index >= 15 is 0 Å². The normalized spacial score (nSPS) is 12.6. The Bertz CT molecular complexity index is 1460. The van der Waals surface area contributed by atoms with Crippen molar-refractivity contribution in [1.29, 1.82) is 0 Å². The van der Waals surface area contributed by atoms with Crippen molar-refractivity contribution in [2.75, 3.05) is 18.0 Å². The summed E-state index contributed by atoms with van der Waals surface area (Å²) in [5, 5.41) is 14.1. The predicted octanol–water partition coefficient (Wildman–Crippen LogP) is 4.52. The molecule has 0 bridgehead atoms. The number of amides is 2. The highest BCUT2D eigenvalue weighted by Crippen LogP contribution is 2.27. The van der Waals surface area contributed by atoms with Gasteiger partial charge in [-0.05, 0) is 61.7 Å². The molecule has 1 N–H and O–H groups in total. The van der Waals surface area contributed by atoms with Gasteiger partial charge in [-0.15, -0.1) is 0 Å². The average molecular weight is 597 g/mol. The fourth-order valence-corrected chi connectivity index (χ4v) is 5.71. The Hall–Kier alpha value is -4.45. The van der Waals surface area contributed by atoms with Crippen molar-refractivity contribution in [3.8, 4) is 5.75 Å². The molecule has 0 aliphatic heterocycles. The number of rotatable bonds is 14. The molecule has 12 heteroatoms. The van der Waals surface area contributed by atoms with Gasteiger partial charge < -0.3 is 15.0 Å². The molecule has 0 aliphatic carbocycles. The topological polar surface area (TPSA) is 139 Å². The highest BCUT2D eigenvalue weighted by Gasteiger charge is 2.34. The summed E-state index contributed by atoms with van der Waals surface area (Å²) in [5.41, 5.74) is 0.557. The van der Waals surface area contributed by atoms with Gasteiger partial charge in [-0.1, -0.05) is 44.2 Å². The zero-order valence-corrected chi connectivity index (χ0v) is 24.9. The number of non-ortho nitro benzene ring substituents is 1. The third-order valence-electron chi connectivity index (χ3n) is 6.86. The van der Waals surface area contributed by atoms with E-state index in [-0.39, 0.29) is 41.2 Å². The van der Waals surface area contributed by atoms with E-state index in [2.05, 4.69) is 5.32 Å². The van der Waals surface area contributed by atoms with E-state index in [4.69, 9.17) is 4.74 Å². The van der Waals surface area contributed by atoms with Crippen LogP contribution in [-0.2, 0) is 26.2 Å². The first-order valence-electron chi connectivity index (χ1n) is 13.6. The van der Waals surface area contributed by atoms with Gasteiger partial charge in [0.15, 0.2) is 0 Å². The molecular formula is C30H36N4O7S. The Morgan fingerprint density at radius 1 is 0.952 bits per heavy atom. The third kappa shape index (κ3) is 7.84. The van der Waals surface area contributed by atoms with Crippen molar-refractivity contribution < 1.29 is 27.7 Å². The summed E-state index contributed by atoms with van der Waals surface area (Å²) in [6.07, 6.45) is 0.977. The molecule has 0 aliphatic rings. The lowest BCUT2D eigenvalue weighted by atomic mass is 10.1. The van der Waals surface area contributed by atoms with Gasteiger partial charge in [0.05, 0.1) is 22.6 Å². The average Bonchev–Trinajstić information content (AvgIpc) is 3.00. The number of methoxy groups -OCH3 is 1. The van der Waals surface area contributed by atoms with Crippen molar-refractivity contribution in [1.82, 2.24) is 10.2 Å². The number of sulfonamides is 1. The largest absolute Gasteiger partial charge is 0.497 e. The molecule has 0 heterocycles. The van der Waals surface area contributed by atoms with Crippen LogP contribution in [0.25, 0.3) is 0 Å². The fraction of sp³-hybridized carbons (Fsp3) is 0.333. The lowest BCUT2D eigenvalue weighted by molar-refractivity contribution is -0.384. The molecule has 3 aromatic carbocycles. The highest BCUT2D eigenvalue weighted by atomic mass is 32.2. The first kappa shape index (κ1) is 32.1. The summed E-state index contributed by atoms with van der Waals surface area (Å²) in [4.78, 5) is 39.4. The molecule has 0 radical (unpaired) electrons. The minimum atomic E-state index is -4.27. The standard InChI is InChI=1S/C30H36N4O7S/c1-5-22(3)31-30(36)28(6-2)32(20-23-12-18-26(41-4)19-13-23)29(35)21-33(24-14-16-25(17-15-24)34(37)38)42(39,40)27-10-8-7-9-11-27/h7-19,22,28H,5-6,20-21H2,1-4H3,(H,31,36). The predicted molar refractivity (Wildman–Crippen MR) is 160 cm³/mol. The van der Waals surface area contributed by atoms with Crippen LogP contribution in [-0.4, -0.2) is 55.8 Å². The Morgan fingerprint density at radius 2 is 1.57 bits per heavy atom. The Labute approximate surface area is 246 Å². The van der Waals surface area contributed by atoms with Crippen molar-refractivity contribution >= 4 is 33.2 Å². The number of benzene rings is 3. The first-order valence-corrected chi connectivity index (χ1v) is 15.0. The second kappa shape index (κ2) is 14.4. The molecule has 3 aromatic rings. The van der Waals surface area contributed by atoms with E-state index in [0.717, 1.165) is 4.31 Å².